The molecule has 2 N–H and O–H groups in total. The van der Waals surface area contributed by atoms with E-state index < -0.39 is 5.97 Å². The summed E-state index contributed by atoms with van der Waals surface area (Å²) >= 11 is 0. The summed E-state index contributed by atoms with van der Waals surface area (Å²) in [7, 11) is 0. The normalized spacial score (nSPS) is 14.7. The lowest BCUT2D eigenvalue weighted by Crippen LogP contribution is -2.52. The zero-order valence-corrected chi connectivity index (χ0v) is 10.4. The maximum atomic E-state index is 12.2. The first-order valence-electron chi connectivity index (χ1n) is 6.09. The van der Waals surface area contributed by atoms with Gasteiger partial charge in [0.15, 0.2) is 0 Å². The van der Waals surface area contributed by atoms with Crippen molar-refractivity contribution in [3.8, 4) is 0 Å². The Labute approximate surface area is 106 Å². The molecule has 1 aliphatic carbocycles. The van der Waals surface area contributed by atoms with Crippen LogP contribution in [0.3, 0.4) is 0 Å². The molecule has 0 aromatic carbocycles. The molecule has 0 heterocycles. The molecule has 0 unspecified atom stereocenters. The third kappa shape index (κ3) is 3.73. The van der Waals surface area contributed by atoms with Gasteiger partial charge in [-0.1, -0.05) is 6.08 Å². The minimum atomic E-state index is -1.05. The Balaban J connectivity index is 2.69. The molecule has 0 spiro atoms. The van der Waals surface area contributed by atoms with E-state index >= 15 is 0 Å². The zero-order chi connectivity index (χ0) is 13.5. The molecule has 0 atom stereocenters. The zero-order valence-electron chi connectivity index (χ0n) is 10.4. The van der Waals surface area contributed by atoms with Gasteiger partial charge >= 0.3 is 12.0 Å². The van der Waals surface area contributed by atoms with Crippen molar-refractivity contribution in [1.82, 2.24) is 9.80 Å². The molecule has 0 bridgehead atoms. The number of aliphatic carboxylic acids is 1. The van der Waals surface area contributed by atoms with Crippen molar-refractivity contribution >= 4 is 12.0 Å². The maximum absolute atomic E-state index is 12.2. The highest BCUT2D eigenvalue weighted by molar-refractivity contribution is 5.80. The molecular formula is C12H20N2O4. The lowest BCUT2D eigenvalue weighted by molar-refractivity contribution is -0.137. The highest BCUT2D eigenvalue weighted by Gasteiger charge is 2.31. The number of hydrogen-bond donors (Lipinski definition) is 2. The van der Waals surface area contributed by atoms with Gasteiger partial charge in [-0.15, -0.1) is 6.58 Å². The molecule has 0 aromatic heterocycles. The fourth-order valence-corrected chi connectivity index (χ4v) is 1.95. The quantitative estimate of drug-likeness (QED) is 0.651. The first kappa shape index (κ1) is 14.5. The first-order chi connectivity index (χ1) is 8.60. The Morgan fingerprint density at radius 3 is 2.44 bits per heavy atom. The minimum absolute atomic E-state index is 0.114. The van der Waals surface area contributed by atoms with Crippen LogP contribution >= 0.6 is 0 Å². The van der Waals surface area contributed by atoms with E-state index in [4.69, 9.17) is 10.2 Å². The van der Waals surface area contributed by atoms with Gasteiger partial charge in [-0.3, -0.25) is 4.79 Å². The number of aliphatic hydroxyl groups excluding tert-OH is 1. The summed E-state index contributed by atoms with van der Waals surface area (Å²) in [6.45, 7) is 3.50. The van der Waals surface area contributed by atoms with Crippen LogP contribution in [-0.4, -0.2) is 64.3 Å². The predicted octanol–water partition coefficient (Wildman–Crippen LogP) is 0.526. The molecule has 1 aliphatic rings. The summed E-state index contributed by atoms with van der Waals surface area (Å²) in [4.78, 5) is 25.7. The number of nitrogens with zero attached hydrogens (tertiary/aromatic N) is 2. The van der Waals surface area contributed by atoms with Crippen molar-refractivity contribution in [3.05, 3.63) is 12.7 Å². The predicted molar refractivity (Wildman–Crippen MR) is 66.2 cm³/mol. The van der Waals surface area contributed by atoms with Crippen LogP contribution in [0, 0.1) is 0 Å². The highest BCUT2D eigenvalue weighted by Crippen LogP contribution is 2.25. The van der Waals surface area contributed by atoms with Crippen molar-refractivity contribution in [1.29, 1.82) is 0 Å². The van der Waals surface area contributed by atoms with Crippen LogP contribution in [0.5, 0.6) is 0 Å². The summed E-state index contributed by atoms with van der Waals surface area (Å²) in [6, 6.07) is -0.207. The first-order valence-corrected chi connectivity index (χ1v) is 6.09. The summed E-state index contributed by atoms with van der Waals surface area (Å²) < 4.78 is 0. The molecule has 0 aliphatic heterocycles. The molecule has 6 nitrogen and oxygen atoms in total. The molecular weight excluding hydrogens is 236 g/mol. The van der Waals surface area contributed by atoms with Crippen molar-refractivity contribution in [2.45, 2.75) is 25.3 Å². The maximum Gasteiger partial charge on any atom is 0.323 e. The van der Waals surface area contributed by atoms with Crippen molar-refractivity contribution < 1.29 is 19.8 Å². The van der Waals surface area contributed by atoms with Gasteiger partial charge in [-0.2, -0.15) is 0 Å². The van der Waals surface area contributed by atoms with Crippen LogP contribution in [0.25, 0.3) is 0 Å². The van der Waals surface area contributed by atoms with E-state index in [1.165, 1.54) is 11.0 Å². The number of hydrogen-bond acceptors (Lipinski definition) is 3. The van der Waals surface area contributed by atoms with Gasteiger partial charge in [0.2, 0.25) is 0 Å². The van der Waals surface area contributed by atoms with Crippen LogP contribution in [0.1, 0.15) is 19.3 Å². The van der Waals surface area contributed by atoms with E-state index in [1.54, 1.807) is 4.90 Å². The van der Waals surface area contributed by atoms with Gasteiger partial charge in [-0.05, 0) is 19.3 Å². The third-order valence-corrected chi connectivity index (χ3v) is 3.05. The van der Waals surface area contributed by atoms with Gasteiger partial charge in [0, 0.05) is 19.1 Å². The number of amides is 2. The Morgan fingerprint density at radius 2 is 2.06 bits per heavy atom. The van der Waals surface area contributed by atoms with E-state index in [1.807, 2.05) is 0 Å². The molecule has 1 saturated carbocycles. The molecule has 0 radical (unpaired) electrons. The molecule has 0 aromatic rings. The number of carbonyl (C=O) groups excluding carboxylic acids is 1. The number of carboxylic acid groups (broad SMARTS) is 1. The van der Waals surface area contributed by atoms with E-state index in [0.717, 1.165) is 19.3 Å². The van der Waals surface area contributed by atoms with Crippen LogP contribution in [0.4, 0.5) is 4.79 Å². The second-order valence-corrected chi connectivity index (χ2v) is 4.35. The lowest BCUT2D eigenvalue weighted by Gasteiger charge is -2.39. The third-order valence-electron chi connectivity index (χ3n) is 3.05. The Hall–Kier alpha value is -1.56. The Morgan fingerprint density at radius 1 is 1.39 bits per heavy atom. The van der Waals surface area contributed by atoms with Crippen LogP contribution < -0.4 is 0 Å². The van der Waals surface area contributed by atoms with Gasteiger partial charge in [0.1, 0.15) is 6.54 Å². The number of carbonyl (C=O) groups is 2. The monoisotopic (exact) mass is 256 g/mol. The standard InChI is InChI=1S/C12H20N2O4/c1-2-6-13(9-11(16)17)12(18)14(7-8-15)10-4-3-5-10/h2,10,15H,1,3-9H2,(H,16,17). The number of urea groups is 1. The summed E-state index contributed by atoms with van der Waals surface area (Å²) in [5, 5.41) is 17.8. The minimum Gasteiger partial charge on any atom is -0.480 e. The molecule has 1 rings (SSSR count). The number of rotatable bonds is 7. The average molecular weight is 256 g/mol. The van der Waals surface area contributed by atoms with Crippen LogP contribution in [0.2, 0.25) is 0 Å². The lowest BCUT2D eigenvalue weighted by atomic mass is 9.91. The van der Waals surface area contributed by atoms with E-state index in [2.05, 4.69) is 6.58 Å². The molecule has 6 heteroatoms. The topological polar surface area (TPSA) is 81.1 Å². The van der Waals surface area contributed by atoms with Gasteiger partial charge in [-0.25, -0.2) is 4.79 Å². The highest BCUT2D eigenvalue weighted by atomic mass is 16.4. The number of carboxylic acids is 1. The second-order valence-electron chi connectivity index (χ2n) is 4.35. The van der Waals surface area contributed by atoms with Gasteiger partial charge in [0.25, 0.3) is 0 Å². The van der Waals surface area contributed by atoms with Crippen molar-refractivity contribution in [3.63, 3.8) is 0 Å². The SMILES string of the molecule is C=CCN(CC(=O)O)C(=O)N(CCO)C1CCC1. The molecule has 102 valence electrons. The molecule has 18 heavy (non-hydrogen) atoms. The number of aliphatic hydroxyl groups is 1. The summed E-state index contributed by atoms with van der Waals surface area (Å²) in [5.41, 5.74) is 0. The largest absolute Gasteiger partial charge is 0.480 e. The summed E-state index contributed by atoms with van der Waals surface area (Å²) in [5.74, 6) is -1.05. The molecule has 2 amide bonds. The van der Waals surface area contributed by atoms with Crippen LogP contribution in [-0.2, 0) is 4.79 Å². The second kappa shape index (κ2) is 7.00. The summed E-state index contributed by atoms with van der Waals surface area (Å²) in [6.07, 6.45) is 4.40. The molecule has 1 fully saturated rings. The van der Waals surface area contributed by atoms with E-state index in [-0.39, 0.29) is 38.3 Å². The Kier molecular flexibility index (Phi) is 5.64. The average Bonchev–Trinajstić information content (AvgIpc) is 2.24. The van der Waals surface area contributed by atoms with Gasteiger partial charge < -0.3 is 20.0 Å². The van der Waals surface area contributed by atoms with Gasteiger partial charge in [0.05, 0.1) is 6.61 Å². The van der Waals surface area contributed by atoms with Crippen LogP contribution in [0.15, 0.2) is 12.7 Å². The molecule has 0 saturated heterocycles. The Bertz CT molecular complexity index is 315. The van der Waals surface area contributed by atoms with Crippen molar-refractivity contribution in [2.24, 2.45) is 0 Å². The fourth-order valence-electron chi connectivity index (χ4n) is 1.95. The van der Waals surface area contributed by atoms with E-state index in [9.17, 15) is 9.59 Å². The van der Waals surface area contributed by atoms with Crippen molar-refractivity contribution in [2.75, 3.05) is 26.2 Å². The smallest absolute Gasteiger partial charge is 0.323 e. The van der Waals surface area contributed by atoms with E-state index in [0.29, 0.717) is 0 Å². The fraction of sp³-hybridized carbons (Fsp3) is 0.667.